The van der Waals surface area contributed by atoms with Crippen LogP contribution in [0.1, 0.15) is 39.2 Å². The van der Waals surface area contributed by atoms with Gasteiger partial charge in [-0.15, -0.1) is 0 Å². The van der Waals surface area contributed by atoms with E-state index in [0.717, 1.165) is 12.8 Å². The SMILES string of the molecule is CC(C)=CCC/C(C)=C/Cc1c(O)[c]cc(OCCO)c1O. The summed E-state index contributed by atoms with van der Waals surface area (Å²) >= 11 is 0. The molecule has 0 fully saturated rings. The second kappa shape index (κ2) is 9.15. The molecule has 1 rings (SSSR count). The maximum Gasteiger partial charge on any atom is 0.165 e. The van der Waals surface area contributed by atoms with Crippen molar-refractivity contribution in [3.8, 4) is 17.2 Å². The fourth-order valence-electron chi connectivity index (χ4n) is 1.98. The fraction of sp³-hybridized carbons (Fsp3) is 0.444. The minimum Gasteiger partial charge on any atom is -0.507 e. The summed E-state index contributed by atoms with van der Waals surface area (Å²) in [6, 6.07) is 4.02. The molecular formula is C18H25O4. The second-order valence-electron chi connectivity index (χ2n) is 5.48. The zero-order chi connectivity index (χ0) is 16.5. The summed E-state index contributed by atoms with van der Waals surface area (Å²) in [5.74, 6) is 0.0395. The maximum atomic E-state index is 10.1. The standard InChI is InChI=1S/C18H25O4/c1-13(2)5-4-6-14(3)7-8-15-16(20)9-10-17(18(15)21)22-12-11-19/h5,7,10,19-21H,4,6,8,11-12H2,1-3H3/b14-7+. The van der Waals surface area contributed by atoms with E-state index < -0.39 is 0 Å². The number of phenolic OH excluding ortho intramolecular Hbond substituents is 2. The van der Waals surface area contributed by atoms with Gasteiger partial charge in [0.05, 0.1) is 6.61 Å². The van der Waals surface area contributed by atoms with E-state index in [2.05, 4.69) is 26.0 Å². The van der Waals surface area contributed by atoms with Gasteiger partial charge in [0.15, 0.2) is 11.5 Å². The van der Waals surface area contributed by atoms with E-state index in [1.54, 1.807) is 0 Å². The molecule has 0 unspecified atom stereocenters. The van der Waals surface area contributed by atoms with E-state index in [0.29, 0.717) is 12.0 Å². The molecule has 0 aliphatic heterocycles. The molecule has 0 amide bonds. The first-order valence-electron chi connectivity index (χ1n) is 7.43. The van der Waals surface area contributed by atoms with Gasteiger partial charge in [0.1, 0.15) is 12.4 Å². The van der Waals surface area contributed by atoms with Gasteiger partial charge >= 0.3 is 0 Å². The molecule has 0 spiro atoms. The second-order valence-corrected chi connectivity index (χ2v) is 5.48. The summed E-state index contributed by atoms with van der Waals surface area (Å²) < 4.78 is 5.21. The zero-order valence-corrected chi connectivity index (χ0v) is 13.5. The molecule has 0 bridgehead atoms. The number of benzene rings is 1. The van der Waals surface area contributed by atoms with Crippen LogP contribution >= 0.6 is 0 Å². The molecule has 1 aromatic rings. The van der Waals surface area contributed by atoms with Gasteiger partial charge in [-0.1, -0.05) is 23.3 Å². The first-order valence-corrected chi connectivity index (χ1v) is 7.43. The van der Waals surface area contributed by atoms with Gasteiger partial charge in [0.25, 0.3) is 0 Å². The van der Waals surface area contributed by atoms with Crippen LogP contribution in [-0.2, 0) is 6.42 Å². The normalized spacial score (nSPS) is 11.4. The lowest BCUT2D eigenvalue weighted by molar-refractivity contribution is 0.196. The third-order valence-corrected chi connectivity index (χ3v) is 3.24. The highest BCUT2D eigenvalue weighted by Crippen LogP contribution is 2.36. The van der Waals surface area contributed by atoms with Crippen molar-refractivity contribution in [1.29, 1.82) is 0 Å². The predicted octanol–water partition coefficient (Wildman–Crippen LogP) is 3.50. The number of hydrogen-bond donors (Lipinski definition) is 3. The van der Waals surface area contributed by atoms with E-state index in [1.165, 1.54) is 17.2 Å². The molecule has 0 aromatic heterocycles. The number of aliphatic hydroxyl groups excluding tert-OH is 1. The number of aliphatic hydroxyl groups is 1. The molecular weight excluding hydrogens is 280 g/mol. The fourth-order valence-corrected chi connectivity index (χ4v) is 1.98. The molecule has 1 aromatic carbocycles. The van der Waals surface area contributed by atoms with Gasteiger partial charge in [-0.3, -0.25) is 0 Å². The van der Waals surface area contributed by atoms with Crippen molar-refractivity contribution in [3.05, 3.63) is 41.0 Å². The Balaban J connectivity index is 2.77. The molecule has 0 atom stereocenters. The van der Waals surface area contributed by atoms with Crippen LogP contribution in [-0.4, -0.2) is 28.5 Å². The molecule has 1 radical (unpaired) electrons. The maximum absolute atomic E-state index is 10.1. The summed E-state index contributed by atoms with van der Waals surface area (Å²) in [6.45, 7) is 6.12. The quantitative estimate of drug-likeness (QED) is 0.643. The molecule has 0 saturated carbocycles. The third kappa shape index (κ3) is 5.82. The summed E-state index contributed by atoms with van der Waals surface area (Å²) in [5.41, 5.74) is 2.88. The molecule has 0 heterocycles. The summed E-state index contributed by atoms with van der Waals surface area (Å²) in [7, 11) is 0. The topological polar surface area (TPSA) is 69.9 Å². The summed E-state index contributed by atoms with van der Waals surface area (Å²) in [4.78, 5) is 0. The third-order valence-electron chi connectivity index (χ3n) is 3.24. The van der Waals surface area contributed by atoms with Gasteiger partial charge in [0, 0.05) is 11.6 Å². The summed E-state index contributed by atoms with van der Waals surface area (Å²) in [6.07, 6.45) is 6.50. The highest BCUT2D eigenvalue weighted by molar-refractivity contribution is 5.52. The minimum atomic E-state index is -0.140. The largest absolute Gasteiger partial charge is 0.507 e. The van der Waals surface area contributed by atoms with Crippen LogP contribution in [0.3, 0.4) is 0 Å². The van der Waals surface area contributed by atoms with E-state index in [-0.39, 0.29) is 30.5 Å². The van der Waals surface area contributed by atoms with Crippen LogP contribution in [0.4, 0.5) is 0 Å². The Morgan fingerprint density at radius 3 is 2.59 bits per heavy atom. The average molecular weight is 305 g/mol. The lowest BCUT2D eigenvalue weighted by Crippen LogP contribution is -2.02. The minimum absolute atomic E-state index is 0.0813. The highest BCUT2D eigenvalue weighted by Gasteiger charge is 2.12. The van der Waals surface area contributed by atoms with Gasteiger partial charge in [-0.05, 0) is 46.1 Å². The Bertz CT molecular complexity index is 540. The highest BCUT2D eigenvalue weighted by atomic mass is 16.5. The Morgan fingerprint density at radius 2 is 1.95 bits per heavy atom. The van der Waals surface area contributed by atoms with Gasteiger partial charge in [-0.2, -0.15) is 0 Å². The Hall–Kier alpha value is -1.94. The molecule has 22 heavy (non-hydrogen) atoms. The van der Waals surface area contributed by atoms with Crippen LogP contribution in [0.15, 0.2) is 29.4 Å². The first kappa shape index (κ1) is 18.1. The zero-order valence-electron chi connectivity index (χ0n) is 13.5. The van der Waals surface area contributed by atoms with Crippen molar-refractivity contribution < 1.29 is 20.1 Å². The van der Waals surface area contributed by atoms with E-state index in [4.69, 9.17) is 9.84 Å². The average Bonchev–Trinajstić information content (AvgIpc) is 2.46. The van der Waals surface area contributed by atoms with E-state index >= 15 is 0 Å². The number of rotatable bonds is 8. The van der Waals surface area contributed by atoms with Gasteiger partial charge in [-0.25, -0.2) is 0 Å². The van der Waals surface area contributed by atoms with Crippen LogP contribution in [0.25, 0.3) is 0 Å². The smallest absolute Gasteiger partial charge is 0.165 e. The lowest BCUT2D eigenvalue weighted by Gasteiger charge is -2.11. The first-order chi connectivity index (χ1) is 10.5. The molecule has 0 aliphatic carbocycles. The van der Waals surface area contributed by atoms with Crippen LogP contribution in [0.2, 0.25) is 0 Å². The number of hydrogen-bond acceptors (Lipinski definition) is 4. The molecule has 4 nitrogen and oxygen atoms in total. The number of allylic oxidation sites excluding steroid dienone is 4. The molecule has 0 saturated heterocycles. The van der Waals surface area contributed by atoms with E-state index in [1.807, 2.05) is 13.0 Å². The van der Waals surface area contributed by atoms with Gasteiger partial charge in [0.2, 0.25) is 0 Å². The Labute approximate surface area is 132 Å². The number of phenols is 2. The van der Waals surface area contributed by atoms with Crippen molar-refractivity contribution in [2.75, 3.05) is 13.2 Å². The predicted molar refractivity (Wildman–Crippen MR) is 87.3 cm³/mol. The molecule has 4 heteroatoms. The van der Waals surface area contributed by atoms with Crippen molar-refractivity contribution in [2.45, 2.75) is 40.0 Å². The summed E-state index contributed by atoms with van der Waals surface area (Å²) in [5, 5.41) is 28.7. The molecule has 121 valence electrons. The van der Waals surface area contributed by atoms with Crippen LogP contribution in [0.5, 0.6) is 17.2 Å². The number of ether oxygens (including phenoxy) is 1. The Morgan fingerprint density at radius 1 is 1.23 bits per heavy atom. The van der Waals surface area contributed by atoms with Crippen molar-refractivity contribution in [2.24, 2.45) is 0 Å². The van der Waals surface area contributed by atoms with Crippen molar-refractivity contribution in [3.63, 3.8) is 0 Å². The van der Waals surface area contributed by atoms with Crippen molar-refractivity contribution >= 4 is 0 Å². The van der Waals surface area contributed by atoms with Crippen molar-refractivity contribution in [1.82, 2.24) is 0 Å². The monoisotopic (exact) mass is 305 g/mol. The van der Waals surface area contributed by atoms with Crippen LogP contribution < -0.4 is 4.74 Å². The van der Waals surface area contributed by atoms with Gasteiger partial charge < -0.3 is 20.1 Å². The molecule has 3 N–H and O–H groups in total. The lowest BCUT2D eigenvalue weighted by atomic mass is 10.0. The Kier molecular flexibility index (Phi) is 7.54. The molecule has 0 aliphatic rings. The number of aromatic hydroxyl groups is 2. The van der Waals surface area contributed by atoms with E-state index in [9.17, 15) is 10.2 Å². The van der Waals surface area contributed by atoms with Crippen LogP contribution in [0, 0.1) is 6.07 Å².